The maximum atomic E-state index is 12.7. The van der Waals surface area contributed by atoms with Gasteiger partial charge in [-0.05, 0) is 31.0 Å². The number of anilines is 3. The highest BCUT2D eigenvalue weighted by molar-refractivity contribution is 5.79. The van der Waals surface area contributed by atoms with Gasteiger partial charge in [-0.15, -0.1) is 0 Å². The molecule has 3 heterocycles. The molecule has 2 saturated heterocycles. The van der Waals surface area contributed by atoms with E-state index in [0.29, 0.717) is 38.1 Å². The summed E-state index contributed by atoms with van der Waals surface area (Å²) >= 11 is 0. The second-order valence-corrected chi connectivity index (χ2v) is 7.27. The first-order valence-electron chi connectivity index (χ1n) is 10.1. The summed E-state index contributed by atoms with van der Waals surface area (Å²) in [4.78, 5) is 25.9. The predicted octanol–water partition coefficient (Wildman–Crippen LogP) is 2.30. The van der Waals surface area contributed by atoms with Crippen molar-refractivity contribution in [1.82, 2.24) is 14.9 Å². The molecule has 0 radical (unpaired) electrons. The minimum Gasteiger partial charge on any atom is -0.495 e. The van der Waals surface area contributed by atoms with Gasteiger partial charge in [0, 0.05) is 38.3 Å². The summed E-state index contributed by atoms with van der Waals surface area (Å²) < 4.78 is 10.7. The molecular weight excluding hydrogens is 370 g/mol. The molecule has 2 aromatic rings. The Kier molecular flexibility index (Phi) is 6.09. The van der Waals surface area contributed by atoms with Crippen molar-refractivity contribution in [3.63, 3.8) is 0 Å². The quantitative estimate of drug-likeness (QED) is 0.829. The second kappa shape index (κ2) is 9.09. The Balaban J connectivity index is 1.37. The number of piperidine rings is 1. The van der Waals surface area contributed by atoms with Gasteiger partial charge in [-0.2, -0.15) is 4.98 Å². The van der Waals surface area contributed by atoms with Gasteiger partial charge >= 0.3 is 0 Å². The lowest BCUT2D eigenvalue weighted by molar-refractivity contribution is -0.140. The van der Waals surface area contributed by atoms with Gasteiger partial charge in [-0.25, -0.2) is 4.98 Å². The van der Waals surface area contributed by atoms with Crippen molar-refractivity contribution >= 4 is 23.4 Å². The Labute approximate surface area is 170 Å². The number of nitrogens with zero attached hydrogens (tertiary/aromatic N) is 4. The Morgan fingerprint density at radius 1 is 1.14 bits per heavy atom. The summed E-state index contributed by atoms with van der Waals surface area (Å²) in [5.74, 6) is 2.50. The number of hydrogen-bond donors (Lipinski definition) is 1. The van der Waals surface area contributed by atoms with E-state index in [4.69, 9.17) is 9.47 Å². The normalized spacial score (nSPS) is 17.8. The van der Waals surface area contributed by atoms with Crippen LogP contribution in [0.5, 0.6) is 5.75 Å². The van der Waals surface area contributed by atoms with Crippen LogP contribution in [-0.2, 0) is 9.53 Å². The molecule has 1 amide bonds. The highest BCUT2D eigenvalue weighted by Crippen LogP contribution is 2.27. The van der Waals surface area contributed by atoms with Gasteiger partial charge in [0.25, 0.3) is 0 Å². The molecule has 1 aromatic heterocycles. The van der Waals surface area contributed by atoms with Crippen molar-refractivity contribution in [2.45, 2.75) is 12.8 Å². The van der Waals surface area contributed by atoms with E-state index in [0.717, 1.165) is 37.4 Å². The largest absolute Gasteiger partial charge is 0.495 e. The Hall–Kier alpha value is -2.87. The Morgan fingerprint density at radius 3 is 2.66 bits per heavy atom. The molecule has 2 aliphatic heterocycles. The van der Waals surface area contributed by atoms with E-state index in [1.54, 1.807) is 13.3 Å². The molecule has 4 rings (SSSR count). The zero-order chi connectivity index (χ0) is 20.1. The number of nitrogens with one attached hydrogen (secondary N) is 1. The van der Waals surface area contributed by atoms with Crippen molar-refractivity contribution in [2.75, 3.05) is 56.7 Å². The molecule has 1 aromatic carbocycles. The molecule has 0 saturated carbocycles. The fourth-order valence-electron chi connectivity index (χ4n) is 3.82. The van der Waals surface area contributed by atoms with E-state index < -0.39 is 0 Å². The fourth-order valence-corrected chi connectivity index (χ4v) is 3.82. The van der Waals surface area contributed by atoms with Crippen LogP contribution in [0.4, 0.5) is 17.5 Å². The van der Waals surface area contributed by atoms with Crippen molar-refractivity contribution in [2.24, 2.45) is 5.92 Å². The first kappa shape index (κ1) is 19.4. The summed E-state index contributed by atoms with van der Waals surface area (Å²) in [6, 6.07) is 9.57. The van der Waals surface area contributed by atoms with Crippen LogP contribution in [0.1, 0.15) is 12.8 Å². The average Bonchev–Trinajstić information content (AvgIpc) is 2.80. The van der Waals surface area contributed by atoms with Gasteiger partial charge in [0.2, 0.25) is 11.9 Å². The maximum Gasteiger partial charge on any atom is 0.227 e. The number of para-hydroxylation sites is 2. The number of carbonyl (C=O) groups is 1. The van der Waals surface area contributed by atoms with Crippen LogP contribution in [0.25, 0.3) is 0 Å². The summed E-state index contributed by atoms with van der Waals surface area (Å²) in [6.07, 6.45) is 3.40. The van der Waals surface area contributed by atoms with E-state index in [1.807, 2.05) is 35.2 Å². The predicted molar refractivity (Wildman–Crippen MR) is 111 cm³/mol. The zero-order valence-electron chi connectivity index (χ0n) is 16.7. The van der Waals surface area contributed by atoms with E-state index in [9.17, 15) is 4.79 Å². The summed E-state index contributed by atoms with van der Waals surface area (Å²) in [7, 11) is 1.65. The Morgan fingerprint density at radius 2 is 1.90 bits per heavy atom. The molecule has 0 unspecified atom stereocenters. The molecule has 0 aliphatic carbocycles. The monoisotopic (exact) mass is 397 g/mol. The molecule has 29 heavy (non-hydrogen) atoms. The third-order valence-electron chi connectivity index (χ3n) is 5.46. The smallest absolute Gasteiger partial charge is 0.227 e. The van der Waals surface area contributed by atoms with Crippen LogP contribution in [-0.4, -0.2) is 67.3 Å². The zero-order valence-corrected chi connectivity index (χ0v) is 16.7. The van der Waals surface area contributed by atoms with Crippen LogP contribution in [0.15, 0.2) is 36.5 Å². The van der Waals surface area contributed by atoms with Crippen LogP contribution in [0.3, 0.4) is 0 Å². The van der Waals surface area contributed by atoms with E-state index >= 15 is 0 Å². The lowest BCUT2D eigenvalue weighted by Gasteiger charge is -2.35. The van der Waals surface area contributed by atoms with Gasteiger partial charge in [-0.3, -0.25) is 4.79 Å². The minimum absolute atomic E-state index is 0.0826. The first-order valence-corrected chi connectivity index (χ1v) is 10.1. The van der Waals surface area contributed by atoms with Crippen LogP contribution in [0, 0.1) is 5.92 Å². The van der Waals surface area contributed by atoms with E-state index in [1.165, 1.54) is 0 Å². The molecular formula is C21H27N5O3. The van der Waals surface area contributed by atoms with Gasteiger partial charge in [0.05, 0.1) is 26.0 Å². The van der Waals surface area contributed by atoms with E-state index in [-0.39, 0.29) is 11.8 Å². The van der Waals surface area contributed by atoms with Gasteiger partial charge < -0.3 is 24.6 Å². The molecule has 2 aliphatic rings. The molecule has 1 N–H and O–H groups in total. The van der Waals surface area contributed by atoms with Crippen LogP contribution in [0.2, 0.25) is 0 Å². The molecule has 2 fully saturated rings. The SMILES string of the molecule is COc1ccccc1Nc1ccnc(N2CCC(C(=O)N3CCOCC3)CC2)n1. The first-order chi connectivity index (χ1) is 14.2. The van der Waals surface area contributed by atoms with Crippen molar-refractivity contribution < 1.29 is 14.3 Å². The highest BCUT2D eigenvalue weighted by atomic mass is 16.5. The molecule has 0 bridgehead atoms. The third-order valence-corrected chi connectivity index (χ3v) is 5.46. The number of benzene rings is 1. The second-order valence-electron chi connectivity index (χ2n) is 7.27. The number of ether oxygens (including phenoxy) is 2. The van der Waals surface area contributed by atoms with Gasteiger partial charge in [0.15, 0.2) is 0 Å². The topological polar surface area (TPSA) is 79.8 Å². The standard InChI is InChI=1S/C21H27N5O3/c1-28-18-5-3-2-4-17(18)23-19-6-9-22-21(24-19)26-10-7-16(8-11-26)20(27)25-12-14-29-15-13-25/h2-6,9,16H,7-8,10-15H2,1H3,(H,22,23,24). The van der Waals surface area contributed by atoms with Crippen molar-refractivity contribution in [3.05, 3.63) is 36.5 Å². The number of hydrogen-bond acceptors (Lipinski definition) is 7. The van der Waals surface area contributed by atoms with Gasteiger partial charge in [0.1, 0.15) is 11.6 Å². The number of amides is 1. The molecule has 154 valence electrons. The molecule has 0 spiro atoms. The lowest BCUT2D eigenvalue weighted by Crippen LogP contribution is -2.47. The molecule has 8 heteroatoms. The lowest BCUT2D eigenvalue weighted by atomic mass is 9.95. The molecule has 8 nitrogen and oxygen atoms in total. The number of aromatic nitrogens is 2. The van der Waals surface area contributed by atoms with E-state index in [2.05, 4.69) is 20.2 Å². The van der Waals surface area contributed by atoms with Crippen molar-refractivity contribution in [3.8, 4) is 5.75 Å². The number of rotatable bonds is 5. The number of morpholine rings is 1. The minimum atomic E-state index is 0.0826. The summed E-state index contributed by atoms with van der Waals surface area (Å²) in [6.45, 7) is 4.25. The van der Waals surface area contributed by atoms with Crippen molar-refractivity contribution in [1.29, 1.82) is 0 Å². The summed E-state index contributed by atoms with van der Waals surface area (Å²) in [5, 5.41) is 3.30. The fraction of sp³-hybridized carbons (Fsp3) is 0.476. The Bertz CT molecular complexity index is 833. The highest BCUT2D eigenvalue weighted by Gasteiger charge is 2.30. The van der Waals surface area contributed by atoms with Crippen LogP contribution < -0.4 is 15.0 Å². The number of methoxy groups -OCH3 is 1. The van der Waals surface area contributed by atoms with Crippen LogP contribution >= 0.6 is 0 Å². The van der Waals surface area contributed by atoms with Gasteiger partial charge in [-0.1, -0.05) is 12.1 Å². The maximum absolute atomic E-state index is 12.7. The molecule has 0 atom stereocenters. The number of carbonyl (C=O) groups excluding carboxylic acids is 1. The third kappa shape index (κ3) is 4.59. The average molecular weight is 397 g/mol. The summed E-state index contributed by atoms with van der Waals surface area (Å²) in [5.41, 5.74) is 0.856.